The Bertz CT molecular complexity index is 1170. The standard InChI is InChI=1S/C22H15F3N2O4S/c23-22(24,25)15-4-1-3-14(11-15)21-26(20(28)13-32-21)16-7-9-18(10-8-16)31-19-6-2-5-17(12-19)27(29)30/h1-12,21H,13H2. The van der Waals surface area contributed by atoms with Crippen LogP contribution in [0.25, 0.3) is 0 Å². The number of rotatable bonds is 5. The van der Waals surface area contributed by atoms with E-state index in [-0.39, 0.29) is 23.1 Å². The van der Waals surface area contributed by atoms with Crippen molar-refractivity contribution < 1.29 is 27.6 Å². The monoisotopic (exact) mass is 460 g/mol. The number of hydrogen-bond acceptors (Lipinski definition) is 5. The molecule has 4 rings (SSSR count). The second-order valence-corrected chi connectivity index (χ2v) is 7.97. The van der Waals surface area contributed by atoms with Gasteiger partial charge in [0, 0.05) is 11.8 Å². The van der Waals surface area contributed by atoms with E-state index in [1.807, 2.05) is 0 Å². The first-order valence-corrected chi connectivity index (χ1v) is 10.4. The van der Waals surface area contributed by atoms with Gasteiger partial charge in [0.15, 0.2) is 0 Å². The molecule has 0 aromatic heterocycles. The summed E-state index contributed by atoms with van der Waals surface area (Å²) in [4.78, 5) is 24.3. The molecule has 0 bridgehead atoms. The van der Waals surface area contributed by atoms with Crippen molar-refractivity contribution >= 4 is 29.0 Å². The third-order valence-electron chi connectivity index (χ3n) is 4.75. The smallest absolute Gasteiger partial charge is 0.416 e. The van der Waals surface area contributed by atoms with Crippen molar-refractivity contribution in [2.24, 2.45) is 0 Å². The predicted octanol–water partition coefficient (Wildman–Crippen LogP) is 6.18. The van der Waals surface area contributed by atoms with Gasteiger partial charge in [0.2, 0.25) is 5.91 Å². The molecule has 3 aromatic rings. The van der Waals surface area contributed by atoms with Crippen LogP contribution < -0.4 is 9.64 Å². The van der Waals surface area contributed by atoms with Gasteiger partial charge in [-0.05, 0) is 48.0 Å². The van der Waals surface area contributed by atoms with Crippen LogP contribution in [0.4, 0.5) is 24.5 Å². The molecule has 0 aliphatic carbocycles. The molecule has 1 amide bonds. The fourth-order valence-corrected chi connectivity index (χ4v) is 4.46. The molecule has 6 nitrogen and oxygen atoms in total. The van der Waals surface area contributed by atoms with Gasteiger partial charge in [-0.25, -0.2) is 0 Å². The van der Waals surface area contributed by atoms with Gasteiger partial charge in [-0.1, -0.05) is 18.2 Å². The van der Waals surface area contributed by atoms with E-state index in [9.17, 15) is 28.1 Å². The molecule has 0 spiro atoms. The van der Waals surface area contributed by atoms with Crippen molar-refractivity contribution in [2.75, 3.05) is 10.7 Å². The van der Waals surface area contributed by atoms with E-state index in [1.165, 1.54) is 40.9 Å². The molecule has 1 unspecified atom stereocenters. The first kappa shape index (κ1) is 21.7. The third-order valence-corrected chi connectivity index (χ3v) is 5.96. The van der Waals surface area contributed by atoms with Crippen LogP contribution in [-0.4, -0.2) is 16.6 Å². The molecule has 1 aliphatic heterocycles. The Morgan fingerprint density at radius 1 is 1.00 bits per heavy atom. The second kappa shape index (κ2) is 8.54. The highest BCUT2D eigenvalue weighted by Gasteiger charge is 2.36. The van der Waals surface area contributed by atoms with Crippen LogP contribution in [0, 0.1) is 10.1 Å². The van der Waals surface area contributed by atoms with Crippen LogP contribution in [0.3, 0.4) is 0 Å². The molecule has 0 saturated carbocycles. The highest BCUT2D eigenvalue weighted by atomic mass is 32.2. The first-order chi connectivity index (χ1) is 15.2. The summed E-state index contributed by atoms with van der Waals surface area (Å²) in [6, 6.07) is 17.1. The Balaban J connectivity index is 1.57. The molecule has 1 saturated heterocycles. The topological polar surface area (TPSA) is 72.7 Å². The van der Waals surface area contributed by atoms with Crippen molar-refractivity contribution in [3.05, 3.63) is 94.0 Å². The summed E-state index contributed by atoms with van der Waals surface area (Å²) in [6.07, 6.45) is -4.47. The van der Waals surface area contributed by atoms with Crippen LogP contribution in [-0.2, 0) is 11.0 Å². The number of carbonyl (C=O) groups excluding carboxylic acids is 1. The molecular formula is C22H15F3N2O4S. The van der Waals surface area contributed by atoms with Gasteiger partial charge in [0.1, 0.15) is 16.9 Å². The number of hydrogen-bond donors (Lipinski definition) is 0. The molecule has 1 fully saturated rings. The lowest BCUT2D eigenvalue weighted by Gasteiger charge is -2.25. The molecule has 0 N–H and O–H groups in total. The van der Waals surface area contributed by atoms with Crippen LogP contribution in [0.2, 0.25) is 0 Å². The van der Waals surface area contributed by atoms with Crippen molar-refractivity contribution in [3.63, 3.8) is 0 Å². The zero-order valence-electron chi connectivity index (χ0n) is 16.3. The van der Waals surface area contributed by atoms with E-state index in [1.54, 1.807) is 36.4 Å². The van der Waals surface area contributed by atoms with Crippen molar-refractivity contribution in [1.29, 1.82) is 0 Å². The van der Waals surface area contributed by atoms with E-state index in [4.69, 9.17) is 4.74 Å². The average molecular weight is 460 g/mol. The van der Waals surface area contributed by atoms with Crippen molar-refractivity contribution in [3.8, 4) is 11.5 Å². The first-order valence-electron chi connectivity index (χ1n) is 9.35. The number of alkyl halides is 3. The molecular weight excluding hydrogens is 445 g/mol. The number of carbonyl (C=O) groups is 1. The van der Waals surface area contributed by atoms with E-state index >= 15 is 0 Å². The van der Waals surface area contributed by atoms with Crippen LogP contribution >= 0.6 is 11.8 Å². The molecule has 32 heavy (non-hydrogen) atoms. The van der Waals surface area contributed by atoms with Crippen molar-refractivity contribution in [2.45, 2.75) is 11.6 Å². The van der Waals surface area contributed by atoms with Crippen molar-refractivity contribution in [1.82, 2.24) is 0 Å². The highest BCUT2D eigenvalue weighted by molar-refractivity contribution is 8.00. The van der Waals surface area contributed by atoms with Gasteiger partial charge in [0.25, 0.3) is 5.69 Å². The second-order valence-electron chi connectivity index (χ2n) is 6.90. The Kier molecular flexibility index (Phi) is 5.79. The Labute approximate surface area is 184 Å². The molecule has 10 heteroatoms. The average Bonchev–Trinajstić information content (AvgIpc) is 3.15. The third kappa shape index (κ3) is 4.54. The summed E-state index contributed by atoms with van der Waals surface area (Å²) in [7, 11) is 0. The fourth-order valence-electron chi connectivity index (χ4n) is 3.29. The van der Waals surface area contributed by atoms with Gasteiger partial charge in [0.05, 0.1) is 22.3 Å². The number of nitro benzene ring substituents is 1. The number of amides is 1. The summed E-state index contributed by atoms with van der Waals surface area (Å²) in [5.41, 5.74) is 0.0136. The van der Waals surface area contributed by atoms with Gasteiger partial charge in [-0.2, -0.15) is 13.2 Å². The molecule has 164 valence electrons. The minimum absolute atomic E-state index is 0.109. The summed E-state index contributed by atoms with van der Waals surface area (Å²) in [5.74, 6) is 0.600. The maximum Gasteiger partial charge on any atom is 0.416 e. The molecule has 3 aromatic carbocycles. The highest BCUT2D eigenvalue weighted by Crippen LogP contribution is 2.43. The van der Waals surface area contributed by atoms with E-state index in [0.717, 1.165) is 12.1 Å². The minimum Gasteiger partial charge on any atom is -0.457 e. The fraction of sp³-hybridized carbons (Fsp3) is 0.136. The molecule has 1 aliphatic rings. The largest absolute Gasteiger partial charge is 0.457 e. The summed E-state index contributed by atoms with van der Waals surface area (Å²) >= 11 is 1.25. The summed E-state index contributed by atoms with van der Waals surface area (Å²) in [6.45, 7) is 0. The lowest BCUT2D eigenvalue weighted by Crippen LogP contribution is -2.27. The van der Waals surface area contributed by atoms with Gasteiger partial charge >= 0.3 is 6.18 Å². The van der Waals surface area contributed by atoms with E-state index < -0.39 is 22.0 Å². The number of halogens is 3. The molecule has 0 radical (unpaired) electrons. The summed E-state index contributed by atoms with van der Waals surface area (Å²) in [5, 5.41) is 10.3. The quantitative estimate of drug-likeness (QED) is 0.336. The van der Waals surface area contributed by atoms with Gasteiger partial charge in [-0.15, -0.1) is 11.8 Å². The Morgan fingerprint density at radius 2 is 1.72 bits per heavy atom. The van der Waals surface area contributed by atoms with E-state index in [0.29, 0.717) is 17.0 Å². The molecule has 1 atom stereocenters. The van der Waals surface area contributed by atoms with Crippen LogP contribution in [0.1, 0.15) is 16.5 Å². The van der Waals surface area contributed by atoms with E-state index in [2.05, 4.69) is 0 Å². The van der Waals surface area contributed by atoms with Gasteiger partial charge < -0.3 is 4.74 Å². The SMILES string of the molecule is O=C1CSC(c2cccc(C(F)(F)F)c2)N1c1ccc(Oc2cccc([N+](=O)[O-])c2)cc1. The zero-order valence-corrected chi connectivity index (χ0v) is 17.1. The number of nitro groups is 1. The summed E-state index contributed by atoms with van der Waals surface area (Å²) < 4.78 is 45.0. The predicted molar refractivity (Wildman–Crippen MR) is 114 cm³/mol. The lowest BCUT2D eigenvalue weighted by atomic mass is 10.1. The Morgan fingerprint density at radius 3 is 2.41 bits per heavy atom. The van der Waals surface area contributed by atoms with Gasteiger partial charge in [-0.3, -0.25) is 19.8 Å². The van der Waals surface area contributed by atoms with Crippen LogP contribution in [0.5, 0.6) is 11.5 Å². The van der Waals surface area contributed by atoms with Crippen LogP contribution in [0.15, 0.2) is 72.8 Å². The number of benzene rings is 3. The maximum absolute atomic E-state index is 13.1. The zero-order chi connectivity index (χ0) is 22.9. The number of anilines is 1. The minimum atomic E-state index is -4.47. The molecule has 1 heterocycles. The number of thioether (sulfide) groups is 1. The number of ether oxygens (including phenoxy) is 1. The normalized spacial score (nSPS) is 16.3. The number of nitrogens with zero attached hydrogens (tertiary/aromatic N) is 2. The lowest BCUT2D eigenvalue weighted by molar-refractivity contribution is -0.384. The Hall–Kier alpha value is -3.53. The maximum atomic E-state index is 13.1. The number of non-ortho nitro benzene ring substituents is 1.